The van der Waals surface area contributed by atoms with Crippen molar-refractivity contribution in [2.24, 2.45) is 5.73 Å². The van der Waals surface area contributed by atoms with E-state index in [-0.39, 0.29) is 12.5 Å². The molecule has 1 aromatic rings. The van der Waals surface area contributed by atoms with Crippen LogP contribution in [0.1, 0.15) is 31.2 Å². The summed E-state index contributed by atoms with van der Waals surface area (Å²) in [6.07, 6.45) is 2.74. The van der Waals surface area contributed by atoms with Gasteiger partial charge in [-0.2, -0.15) is 0 Å². The summed E-state index contributed by atoms with van der Waals surface area (Å²) in [5, 5.41) is 23.6. The molecule has 1 rings (SSSR count). The first-order valence-corrected chi connectivity index (χ1v) is 8.19. The number of carbonyl (C=O) groups is 2. The van der Waals surface area contributed by atoms with Crippen LogP contribution in [0.25, 0.3) is 0 Å². The van der Waals surface area contributed by atoms with Gasteiger partial charge in [0.15, 0.2) is 0 Å². The molecular weight excluding hydrogens is 309 g/mol. The van der Waals surface area contributed by atoms with E-state index in [0.29, 0.717) is 32.2 Å². The van der Waals surface area contributed by atoms with Gasteiger partial charge in [0.25, 0.3) is 0 Å². The highest BCUT2D eigenvalue weighted by Crippen LogP contribution is 2.03. The number of amides is 2. The zero-order valence-electron chi connectivity index (χ0n) is 13.8. The van der Waals surface area contributed by atoms with E-state index >= 15 is 0 Å². The van der Waals surface area contributed by atoms with E-state index < -0.39 is 19.0 Å². The van der Waals surface area contributed by atoms with Gasteiger partial charge in [0.1, 0.15) is 0 Å². The number of benzene rings is 1. The van der Waals surface area contributed by atoms with Gasteiger partial charge < -0.3 is 26.4 Å². The van der Waals surface area contributed by atoms with E-state index in [9.17, 15) is 19.6 Å². The number of carbonyl (C=O) groups excluding carboxylic acids is 2. The summed E-state index contributed by atoms with van der Waals surface area (Å²) < 4.78 is 0. The van der Waals surface area contributed by atoms with Crippen molar-refractivity contribution in [1.29, 1.82) is 0 Å². The molecule has 0 aliphatic carbocycles. The molecule has 0 bridgehead atoms. The van der Waals surface area contributed by atoms with Gasteiger partial charge in [0, 0.05) is 6.42 Å². The third-order valence-corrected chi connectivity index (χ3v) is 3.61. The molecule has 0 unspecified atom stereocenters. The molecule has 2 amide bonds. The molecule has 0 aliphatic rings. The molecule has 0 saturated carbocycles. The first-order valence-electron chi connectivity index (χ1n) is 8.19. The van der Waals surface area contributed by atoms with Gasteiger partial charge in [-0.05, 0) is 31.4 Å². The Balaban J connectivity index is 2.26. The molecule has 0 spiro atoms. The molecule has 8 heteroatoms. The Labute approximate surface area is 142 Å². The van der Waals surface area contributed by atoms with E-state index in [1.807, 2.05) is 30.3 Å². The summed E-state index contributed by atoms with van der Waals surface area (Å²) in [4.78, 5) is 23.5. The Morgan fingerprint density at radius 3 is 2.46 bits per heavy atom. The summed E-state index contributed by atoms with van der Waals surface area (Å²) in [7, 11) is -1.64. The number of nitrogens with two attached hydrogens (primary N) is 1. The minimum absolute atomic E-state index is 0.187. The van der Waals surface area contributed by atoms with Gasteiger partial charge in [-0.25, -0.2) is 0 Å². The van der Waals surface area contributed by atoms with E-state index in [1.165, 1.54) is 0 Å². The molecule has 0 fully saturated rings. The van der Waals surface area contributed by atoms with Gasteiger partial charge in [-0.3, -0.25) is 9.59 Å². The summed E-state index contributed by atoms with van der Waals surface area (Å²) >= 11 is 0. The number of hydrogen-bond acceptors (Lipinski definition) is 5. The number of nitrogens with one attached hydrogen (secondary N) is 2. The summed E-state index contributed by atoms with van der Waals surface area (Å²) in [5.74, 6) is -1.43. The highest BCUT2D eigenvalue weighted by Gasteiger charge is 2.24. The molecule has 1 atom stereocenters. The Morgan fingerprint density at radius 2 is 1.83 bits per heavy atom. The molecule has 0 aliphatic heterocycles. The van der Waals surface area contributed by atoms with Crippen molar-refractivity contribution in [3.8, 4) is 0 Å². The minimum atomic E-state index is -1.64. The van der Waals surface area contributed by atoms with Crippen molar-refractivity contribution in [1.82, 2.24) is 10.6 Å². The predicted molar refractivity (Wildman–Crippen MR) is 92.8 cm³/mol. The minimum Gasteiger partial charge on any atom is -0.426 e. The van der Waals surface area contributed by atoms with E-state index in [0.717, 1.165) is 12.0 Å². The SMILES string of the molecule is NCCCC[C@H](NC(=O)CNC(=O)CCc1ccccc1)B(O)O. The monoisotopic (exact) mass is 335 g/mol. The predicted octanol–water partition coefficient (Wildman–Crippen LogP) is -0.639. The van der Waals surface area contributed by atoms with Crippen molar-refractivity contribution in [2.75, 3.05) is 13.1 Å². The van der Waals surface area contributed by atoms with Crippen molar-refractivity contribution >= 4 is 18.9 Å². The number of aryl methyl sites for hydroxylation is 1. The van der Waals surface area contributed by atoms with Crippen molar-refractivity contribution in [3.05, 3.63) is 35.9 Å². The largest absolute Gasteiger partial charge is 0.475 e. The maximum Gasteiger partial charge on any atom is 0.475 e. The van der Waals surface area contributed by atoms with Crippen molar-refractivity contribution < 1.29 is 19.6 Å². The lowest BCUT2D eigenvalue weighted by molar-refractivity contribution is -0.126. The summed E-state index contributed by atoms with van der Waals surface area (Å²) in [5.41, 5.74) is 6.44. The molecule has 0 radical (unpaired) electrons. The van der Waals surface area contributed by atoms with E-state index in [1.54, 1.807) is 0 Å². The van der Waals surface area contributed by atoms with Gasteiger partial charge in [0.05, 0.1) is 12.5 Å². The highest BCUT2D eigenvalue weighted by molar-refractivity contribution is 6.43. The lowest BCUT2D eigenvalue weighted by Crippen LogP contribution is -2.49. The second-order valence-corrected chi connectivity index (χ2v) is 5.63. The van der Waals surface area contributed by atoms with Crippen LogP contribution in [0.2, 0.25) is 0 Å². The Hall–Kier alpha value is -1.90. The van der Waals surface area contributed by atoms with Gasteiger partial charge >= 0.3 is 7.12 Å². The smallest absolute Gasteiger partial charge is 0.426 e. The van der Waals surface area contributed by atoms with Gasteiger partial charge in [0.2, 0.25) is 11.8 Å². The Kier molecular flexibility index (Phi) is 9.75. The van der Waals surface area contributed by atoms with Gasteiger partial charge in [-0.15, -0.1) is 0 Å². The fourth-order valence-electron chi connectivity index (χ4n) is 2.23. The van der Waals surface area contributed by atoms with Crippen LogP contribution in [0.4, 0.5) is 0 Å². The standard InChI is InChI=1S/C16H26BN3O4/c18-11-5-4-8-14(17(23)24)20-16(22)12-19-15(21)10-9-13-6-2-1-3-7-13/h1-3,6-7,14,23-24H,4-5,8-12,18H2,(H,19,21)(H,20,22)/t14-/m0/s1. The van der Waals surface area contributed by atoms with E-state index in [4.69, 9.17) is 5.73 Å². The molecule has 0 heterocycles. The average molecular weight is 335 g/mol. The third kappa shape index (κ3) is 8.66. The van der Waals surface area contributed by atoms with Crippen LogP contribution < -0.4 is 16.4 Å². The Bertz CT molecular complexity index is 499. The lowest BCUT2D eigenvalue weighted by atomic mass is 9.76. The molecule has 1 aromatic carbocycles. The molecule has 132 valence electrons. The highest BCUT2D eigenvalue weighted by atomic mass is 16.4. The summed E-state index contributed by atoms with van der Waals surface area (Å²) in [6, 6.07) is 9.61. The summed E-state index contributed by atoms with van der Waals surface area (Å²) in [6.45, 7) is 0.327. The van der Waals surface area contributed by atoms with Crippen LogP contribution in [-0.4, -0.2) is 48.0 Å². The van der Waals surface area contributed by atoms with Crippen molar-refractivity contribution in [3.63, 3.8) is 0 Å². The van der Waals surface area contributed by atoms with E-state index in [2.05, 4.69) is 10.6 Å². The van der Waals surface area contributed by atoms with Crippen LogP contribution in [0.15, 0.2) is 30.3 Å². The Morgan fingerprint density at radius 1 is 1.12 bits per heavy atom. The van der Waals surface area contributed by atoms with Crippen LogP contribution >= 0.6 is 0 Å². The van der Waals surface area contributed by atoms with Gasteiger partial charge in [-0.1, -0.05) is 36.8 Å². The topological polar surface area (TPSA) is 125 Å². The maximum atomic E-state index is 11.8. The van der Waals surface area contributed by atoms with Crippen LogP contribution in [0, 0.1) is 0 Å². The molecule has 7 nitrogen and oxygen atoms in total. The second-order valence-electron chi connectivity index (χ2n) is 5.63. The zero-order chi connectivity index (χ0) is 17.8. The van der Waals surface area contributed by atoms with Crippen molar-refractivity contribution in [2.45, 2.75) is 38.0 Å². The number of rotatable bonds is 11. The molecule has 24 heavy (non-hydrogen) atoms. The third-order valence-electron chi connectivity index (χ3n) is 3.61. The first-order chi connectivity index (χ1) is 11.5. The molecular formula is C16H26BN3O4. The lowest BCUT2D eigenvalue weighted by Gasteiger charge is -2.17. The number of unbranched alkanes of at least 4 members (excludes halogenated alkanes) is 1. The molecule has 6 N–H and O–H groups in total. The van der Waals surface area contributed by atoms with Crippen LogP contribution in [0.3, 0.4) is 0 Å². The number of hydrogen-bond donors (Lipinski definition) is 5. The quantitative estimate of drug-likeness (QED) is 0.272. The first kappa shape index (κ1) is 20.2. The second kappa shape index (κ2) is 11.6. The zero-order valence-corrected chi connectivity index (χ0v) is 13.8. The van der Waals surface area contributed by atoms with Crippen LogP contribution in [0.5, 0.6) is 0 Å². The molecule has 0 aromatic heterocycles. The maximum absolute atomic E-state index is 11.8. The average Bonchev–Trinajstić information content (AvgIpc) is 2.58. The normalized spacial score (nSPS) is 11.6. The molecule has 0 saturated heterocycles. The fourth-order valence-corrected chi connectivity index (χ4v) is 2.23. The van der Waals surface area contributed by atoms with Crippen LogP contribution in [-0.2, 0) is 16.0 Å². The fraction of sp³-hybridized carbons (Fsp3) is 0.500.